The van der Waals surface area contributed by atoms with Gasteiger partial charge in [0.2, 0.25) is 5.91 Å². The highest BCUT2D eigenvalue weighted by Crippen LogP contribution is 2.32. The summed E-state index contributed by atoms with van der Waals surface area (Å²) in [5.41, 5.74) is 3.10. The molecule has 0 aromatic heterocycles. The average molecular weight is 424 g/mol. The maximum atomic E-state index is 13.4. The van der Waals surface area contributed by atoms with Crippen LogP contribution in [0.5, 0.6) is 0 Å². The second kappa shape index (κ2) is 7.54. The highest BCUT2D eigenvalue weighted by atomic mass is 32.2. The van der Waals surface area contributed by atoms with Crippen molar-refractivity contribution in [2.45, 2.75) is 55.5 Å². The van der Waals surface area contributed by atoms with Gasteiger partial charge in [-0.2, -0.15) is 8.42 Å². The first-order valence-electron chi connectivity index (χ1n) is 10.6. The molecular formula is C23H25N3O3S. The van der Waals surface area contributed by atoms with E-state index < -0.39 is 16.1 Å². The van der Waals surface area contributed by atoms with Gasteiger partial charge in [0.1, 0.15) is 10.9 Å². The van der Waals surface area contributed by atoms with E-state index in [4.69, 9.17) is 0 Å². The molecule has 30 heavy (non-hydrogen) atoms. The monoisotopic (exact) mass is 423 g/mol. The van der Waals surface area contributed by atoms with Crippen molar-refractivity contribution in [3.8, 4) is 0 Å². The zero-order valence-corrected chi connectivity index (χ0v) is 17.6. The summed E-state index contributed by atoms with van der Waals surface area (Å²) in [4.78, 5) is 15.5. The molecule has 1 amide bonds. The molecule has 6 nitrogen and oxygen atoms in total. The van der Waals surface area contributed by atoms with Crippen molar-refractivity contribution in [3.63, 3.8) is 0 Å². The molecule has 2 atom stereocenters. The zero-order chi connectivity index (χ0) is 20.7. The number of hydrogen-bond acceptors (Lipinski definition) is 4. The number of aryl methyl sites for hydroxylation is 1. The van der Waals surface area contributed by atoms with Crippen LogP contribution in [-0.2, 0) is 21.2 Å². The fourth-order valence-electron chi connectivity index (χ4n) is 4.93. The maximum absolute atomic E-state index is 13.4. The summed E-state index contributed by atoms with van der Waals surface area (Å²) in [7, 11) is -3.71. The predicted molar refractivity (Wildman–Crippen MR) is 115 cm³/mol. The SMILES string of the molecule is O=C(N[C@@H]1CCCc2ccccc21)[C@@H]1CCCCN1C1=NS(=O)(=O)c2ccccc21. The molecule has 2 aromatic carbocycles. The van der Waals surface area contributed by atoms with Gasteiger partial charge >= 0.3 is 0 Å². The first kappa shape index (κ1) is 19.3. The Hall–Kier alpha value is -2.67. The van der Waals surface area contributed by atoms with Crippen molar-refractivity contribution in [2.75, 3.05) is 6.54 Å². The number of benzene rings is 2. The molecule has 2 aliphatic heterocycles. The van der Waals surface area contributed by atoms with Crippen molar-refractivity contribution in [3.05, 3.63) is 65.2 Å². The molecular weight excluding hydrogens is 398 g/mol. The third-order valence-corrected chi connectivity index (χ3v) is 7.70. The van der Waals surface area contributed by atoms with Gasteiger partial charge in [0.15, 0.2) is 5.84 Å². The summed E-state index contributed by atoms with van der Waals surface area (Å²) >= 11 is 0. The number of carbonyl (C=O) groups is 1. The van der Waals surface area contributed by atoms with Crippen LogP contribution in [-0.4, -0.2) is 37.6 Å². The largest absolute Gasteiger partial charge is 0.347 e. The number of likely N-dealkylation sites (tertiary alicyclic amines) is 1. The Balaban J connectivity index is 1.43. The Morgan fingerprint density at radius 1 is 1.00 bits per heavy atom. The van der Waals surface area contributed by atoms with Gasteiger partial charge in [-0.3, -0.25) is 4.79 Å². The van der Waals surface area contributed by atoms with Crippen LogP contribution in [0.3, 0.4) is 0 Å². The number of amides is 1. The van der Waals surface area contributed by atoms with Gasteiger partial charge in [-0.05, 0) is 61.8 Å². The molecule has 156 valence electrons. The van der Waals surface area contributed by atoms with Crippen LogP contribution >= 0.6 is 0 Å². The highest BCUT2D eigenvalue weighted by molar-refractivity contribution is 7.90. The van der Waals surface area contributed by atoms with Gasteiger partial charge in [0, 0.05) is 12.1 Å². The molecule has 7 heteroatoms. The summed E-state index contributed by atoms with van der Waals surface area (Å²) in [6, 6.07) is 14.8. The van der Waals surface area contributed by atoms with Crippen molar-refractivity contribution in [2.24, 2.45) is 4.40 Å². The van der Waals surface area contributed by atoms with E-state index in [2.05, 4.69) is 21.8 Å². The van der Waals surface area contributed by atoms with E-state index >= 15 is 0 Å². The number of carbonyl (C=O) groups excluding carboxylic acids is 1. The lowest BCUT2D eigenvalue weighted by Crippen LogP contribution is -2.52. The first-order valence-corrected chi connectivity index (χ1v) is 12.1. The quantitative estimate of drug-likeness (QED) is 0.805. The summed E-state index contributed by atoms with van der Waals surface area (Å²) in [6.07, 6.45) is 5.57. The van der Waals surface area contributed by atoms with E-state index in [1.54, 1.807) is 18.2 Å². The van der Waals surface area contributed by atoms with Gasteiger partial charge < -0.3 is 10.2 Å². The molecule has 0 radical (unpaired) electrons. The molecule has 5 rings (SSSR count). The number of piperidine rings is 1. The van der Waals surface area contributed by atoms with E-state index in [-0.39, 0.29) is 16.8 Å². The van der Waals surface area contributed by atoms with Crippen molar-refractivity contribution >= 4 is 21.8 Å². The Morgan fingerprint density at radius 2 is 1.80 bits per heavy atom. The number of amidine groups is 1. The maximum Gasteiger partial charge on any atom is 0.285 e. The Kier molecular flexibility index (Phi) is 4.85. The van der Waals surface area contributed by atoms with Crippen LogP contribution in [0.4, 0.5) is 0 Å². The van der Waals surface area contributed by atoms with Gasteiger partial charge in [-0.15, -0.1) is 4.40 Å². The third kappa shape index (κ3) is 3.31. The van der Waals surface area contributed by atoms with Gasteiger partial charge in [0.05, 0.1) is 6.04 Å². The molecule has 0 spiro atoms. The Bertz CT molecular complexity index is 1130. The van der Waals surface area contributed by atoms with Crippen LogP contribution in [0.2, 0.25) is 0 Å². The molecule has 0 unspecified atom stereocenters. The smallest absolute Gasteiger partial charge is 0.285 e. The van der Waals surface area contributed by atoms with E-state index in [1.807, 2.05) is 23.1 Å². The second-order valence-corrected chi connectivity index (χ2v) is 9.82. The lowest BCUT2D eigenvalue weighted by molar-refractivity contribution is -0.126. The highest BCUT2D eigenvalue weighted by Gasteiger charge is 2.38. The lowest BCUT2D eigenvalue weighted by Gasteiger charge is -2.37. The minimum Gasteiger partial charge on any atom is -0.347 e. The van der Waals surface area contributed by atoms with Crippen molar-refractivity contribution < 1.29 is 13.2 Å². The van der Waals surface area contributed by atoms with E-state index in [1.165, 1.54) is 11.1 Å². The average Bonchev–Trinajstić information content (AvgIpc) is 3.05. The Morgan fingerprint density at radius 3 is 2.70 bits per heavy atom. The van der Waals surface area contributed by atoms with Gasteiger partial charge in [0.25, 0.3) is 10.0 Å². The summed E-state index contributed by atoms with van der Waals surface area (Å²) in [6.45, 7) is 0.627. The van der Waals surface area contributed by atoms with Crippen LogP contribution in [0.1, 0.15) is 54.8 Å². The first-order chi connectivity index (χ1) is 14.5. The minimum atomic E-state index is -3.71. The molecule has 2 aromatic rings. The van der Waals surface area contributed by atoms with Crippen LogP contribution in [0.15, 0.2) is 57.8 Å². The number of nitrogens with zero attached hydrogens (tertiary/aromatic N) is 2. The topological polar surface area (TPSA) is 78.8 Å². The standard InChI is InChI=1S/C23H25N3O3S/c27-23(24-19-12-7-9-16-8-1-2-10-17(16)19)20-13-5-6-15-26(20)22-18-11-3-4-14-21(18)30(28,29)25-22/h1-4,8,10-11,14,19-20H,5-7,9,12-13,15H2,(H,24,27)/t19-,20+/m1/s1. The van der Waals surface area contributed by atoms with Crippen molar-refractivity contribution in [1.29, 1.82) is 0 Å². The van der Waals surface area contributed by atoms with Crippen LogP contribution in [0.25, 0.3) is 0 Å². The molecule has 3 aliphatic rings. The lowest BCUT2D eigenvalue weighted by atomic mass is 9.87. The molecule has 1 aliphatic carbocycles. The normalized spacial score (nSPS) is 24.5. The fraction of sp³-hybridized carbons (Fsp3) is 0.391. The summed E-state index contributed by atoms with van der Waals surface area (Å²) in [5, 5.41) is 3.26. The number of fused-ring (bicyclic) bond motifs is 2. The third-order valence-electron chi connectivity index (χ3n) is 6.38. The van der Waals surface area contributed by atoms with E-state index in [0.717, 1.165) is 32.1 Å². The minimum absolute atomic E-state index is 0.00719. The molecule has 1 saturated heterocycles. The Labute approximate surface area is 177 Å². The number of nitrogens with one attached hydrogen (secondary N) is 1. The molecule has 0 bridgehead atoms. The molecule has 2 heterocycles. The summed E-state index contributed by atoms with van der Waals surface area (Å²) in [5.74, 6) is 0.371. The van der Waals surface area contributed by atoms with Crippen LogP contribution in [0, 0.1) is 0 Å². The number of sulfonamides is 1. The van der Waals surface area contributed by atoms with Gasteiger partial charge in [-0.1, -0.05) is 36.4 Å². The van der Waals surface area contributed by atoms with E-state index in [9.17, 15) is 13.2 Å². The van der Waals surface area contributed by atoms with Gasteiger partial charge in [-0.25, -0.2) is 0 Å². The van der Waals surface area contributed by atoms with Crippen molar-refractivity contribution in [1.82, 2.24) is 10.2 Å². The fourth-order valence-corrected chi connectivity index (χ4v) is 6.14. The number of rotatable bonds is 2. The predicted octanol–water partition coefficient (Wildman–Crippen LogP) is 3.18. The van der Waals surface area contributed by atoms with E-state index in [0.29, 0.717) is 24.4 Å². The second-order valence-electron chi connectivity index (χ2n) is 8.24. The molecule has 0 saturated carbocycles. The number of hydrogen-bond donors (Lipinski definition) is 1. The molecule has 1 N–H and O–H groups in total. The van der Waals surface area contributed by atoms with Crippen LogP contribution < -0.4 is 5.32 Å². The summed E-state index contributed by atoms with van der Waals surface area (Å²) < 4.78 is 29.1. The zero-order valence-electron chi connectivity index (χ0n) is 16.8. The molecule has 1 fully saturated rings.